The number of ketones is 1. The van der Waals surface area contributed by atoms with E-state index in [0.717, 1.165) is 0 Å². The lowest BCUT2D eigenvalue weighted by atomic mass is 9.95. The number of aromatic hydroxyl groups is 1. The van der Waals surface area contributed by atoms with Gasteiger partial charge in [-0.3, -0.25) is 14.5 Å². The number of methoxy groups -OCH3 is 2. The van der Waals surface area contributed by atoms with Crippen LogP contribution >= 0.6 is 0 Å². The fraction of sp³-hybridized carbons (Fsp3) is 0.207. The quantitative estimate of drug-likeness (QED) is 0.202. The molecular formula is C29H27NO8. The zero-order valence-electron chi connectivity index (χ0n) is 21.3. The van der Waals surface area contributed by atoms with Crippen molar-refractivity contribution in [2.75, 3.05) is 19.1 Å². The Balaban J connectivity index is 1.90. The standard InChI is InChI=1S/C29H27NO8/c1-16(2)38-29(35)19-6-5-7-20(14-19)30-25(17-8-11-21(31)12-9-17)24(27(33)28(30)34)26(32)18-10-13-22(36-3)23(15-18)37-4/h5-16,25,31-32H,1-4H3/b26-24+. The van der Waals surface area contributed by atoms with Crippen molar-refractivity contribution in [1.82, 2.24) is 0 Å². The lowest BCUT2D eigenvalue weighted by Gasteiger charge is -2.26. The van der Waals surface area contributed by atoms with E-state index in [2.05, 4.69) is 0 Å². The third-order valence-electron chi connectivity index (χ3n) is 6.01. The van der Waals surface area contributed by atoms with Crippen molar-refractivity contribution < 1.29 is 38.8 Å². The zero-order chi connectivity index (χ0) is 27.6. The van der Waals surface area contributed by atoms with Crippen LogP contribution < -0.4 is 14.4 Å². The van der Waals surface area contributed by atoms with E-state index in [1.807, 2.05) is 0 Å². The van der Waals surface area contributed by atoms with Crippen LogP contribution in [-0.4, -0.2) is 48.2 Å². The smallest absolute Gasteiger partial charge is 0.338 e. The molecule has 4 rings (SSSR count). The first kappa shape index (κ1) is 26.3. The maximum atomic E-state index is 13.4. The van der Waals surface area contributed by atoms with Crippen LogP contribution in [0, 0.1) is 0 Å². The van der Waals surface area contributed by atoms with Crippen molar-refractivity contribution in [2.45, 2.75) is 26.0 Å². The molecule has 38 heavy (non-hydrogen) atoms. The zero-order valence-corrected chi connectivity index (χ0v) is 21.3. The molecule has 1 aliphatic rings. The molecule has 0 saturated carbocycles. The molecule has 1 unspecified atom stereocenters. The highest BCUT2D eigenvalue weighted by Gasteiger charge is 2.47. The van der Waals surface area contributed by atoms with Gasteiger partial charge in [0.2, 0.25) is 0 Å². The molecule has 0 radical (unpaired) electrons. The number of ether oxygens (including phenoxy) is 3. The summed E-state index contributed by atoms with van der Waals surface area (Å²) >= 11 is 0. The summed E-state index contributed by atoms with van der Waals surface area (Å²) in [6, 6.07) is 15.7. The van der Waals surface area contributed by atoms with Gasteiger partial charge >= 0.3 is 5.97 Å². The molecule has 9 nitrogen and oxygen atoms in total. The van der Waals surface area contributed by atoms with Gasteiger partial charge in [-0.1, -0.05) is 18.2 Å². The Morgan fingerprint density at radius 2 is 1.58 bits per heavy atom. The number of rotatable bonds is 7. The third kappa shape index (κ3) is 4.90. The van der Waals surface area contributed by atoms with Crippen molar-refractivity contribution in [1.29, 1.82) is 0 Å². The summed E-state index contributed by atoms with van der Waals surface area (Å²) in [5.41, 5.74) is 0.984. The number of hydrogen-bond acceptors (Lipinski definition) is 8. The predicted octanol–water partition coefficient (Wildman–Crippen LogP) is 4.60. The molecule has 9 heteroatoms. The van der Waals surface area contributed by atoms with Gasteiger partial charge in [0, 0.05) is 11.3 Å². The maximum Gasteiger partial charge on any atom is 0.338 e. The number of aliphatic hydroxyl groups excluding tert-OH is 1. The molecule has 1 amide bonds. The number of anilines is 1. The number of carbonyl (C=O) groups excluding carboxylic acids is 3. The Morgan fingerprint density at radius 3 is 2.21 bits per heavy atom. The lowest BCUT2D eigenvalue weighted by molar-refractivity contribution is -0.132. The first-order valence-corrected chi connectivity index (χ1v) is 11.8. The second-order valence-corrected chi connectivity index (χ2v) is 8.83. The number of phenols is 1. The summed E-state index contributed by atoms with van der Waals surface area (Å²) in [6.07, 6.45) is -0.348. The molecule has 0 aromatic heterocycles. The van der Waals surface area contributed by atoms with Gasteiger partial charge in [-0.25, -0.2) is 4.79 Å². The highest BCUT2D eigenvalue weighted by Crippen LogP contribution is 2.43. The van der Waals surface area contributed by atoms with Gasteiger partial charge < -0.3 is 24.4 Å². The molecule has 1 fully saturated rings. The van der Waals surface area contributed by atoms with Gasteiger partial charge in [0.1, 0.15) is 11.5 Å². The maximum absolute atomic E-state index is 13.4. The van der Waals surface area contributed by atoms with Crippen LogP contribution in [0.3, 0.4) is 0 Å². The normalized spacial score (nSPS) is 16.6. The van der Waals surface area contributed by atoms with Crippen molar-refractivity contribution in [3.05, 3.63) is 89.0 Å². The summed E-state index contributed by atoms with van der Waals surface area (Å²) in [4.78, 5) is 40.5. The second kappa shape index (κ2) is 10.7. The molecule has 1 heterocycles. The van der Waals surface area contributed by atoms with Crippen LogP contribution in [0.4, 0.5) is 5.69 Å². The van der Waals surface area contributed by atoms with Gasteiger partial charge in [0.05, 0.1) is 37.5 Å². The molecule has 0 aliphatic carbocycles. The number of esters is 1. The average Bonchev–Trinajstić information content (AvgIpc) is 3.18. The van der Waals surface area contributed by atoms with E-state index in [9.17, 15) is 24.6 Å². The van der Waals surface area contributed by atoms with Gasteiger partial charge in [0.15, 0.2) is 11.5 Å². The summed E-state index contributed by atoms with van der Waals surface area (Å²) < 4.78 is 15.9. The fourth-order valence-corrected chi connectivity index (χ4v) is 4.27. The fourth-order valence-electron chi connectivity index (χ4n) is 4.27. The summed E-state index contributed by atoms with van der Waals surface area (Å²) in [7, 11) is 2.91. The Hall–Kier alpha value is -4.79. The van der Waals surface area contributed by atoms with Crippen LogP contribution in [0.2, 0.25) is 0 Å². The number of nitrogens with zero attached hydrogens (tertiary/aromatic N) is 1. The van der Waals surface area contributed by atoms with Gasteiger partial charge in [-0.05, 0) is 67.9 Å². The number of benzene rings is 3. The number of carbonyl (C=O) groups is 3. The van der Waals surface area contributed by atoms with Crippen LogP contribution in [-0.2, 0) is 14.3 Å². The highest BCUT2D eigenvalue weighted by molar-refractivity contribution is 6.51. The van der Waals surface area contributed by atoms with Crippen LogP contribution in [0.25, 0.3) is 5.76 Å². The molecule has 3 aromatic carbocycles. The Labute approximate surface area is 219 Å². The molecule has 3 aromatic rings. The van der Waals surface area contributed by atoms with E-state index in [1.165, 1.54) is 43.4 Å². The third-order valence-corrected chi connectivity index (χ3v) is 6.01. The first-order valence-electron chi connectivity index (χ1n) is 11.8. The lowest BCUT2D eigenvalue weighted by Crippen LogP contribution is -2.29. The minimum Gasteiger partial charge on any atom is -0.508 e. The van der Waals surface area contributed by atoms with Gasteiger partial charge in [-0.2, -0.15) is 0 Å². The summed E-state index contributed by atoms with van der Waals surface area (Å²) in [6.45, 7) is 3.44. The van der Waals surface area contributed by atoms with Crippen LogP contribution in [0.5, 0.6) is 17.2 Å². The minimum atomic E-state index is -1.06. The van der Waals surface area contributed by atoms with Gasteiger partial charge in [-0.15, -0.1) is 0 Å². The largest absolute Gasteiger partial charge is 0.508 e. The topological polar surface area (TPSA) is 123 Å². The first-order chi connectivity index (χ1) is 18.2. The Bertz CT molecular complexity index is 1420. The molecule has 0 spiro atoms. The summed E-state index contributed by atoms with van der Waals surface area (Å²) in [5, 5.41) is 21.2. The number of Topliss-reactive ketones (excluding diaryl/α,β-unsaturated/α-hetero) is 1. The van der Waals surface area contributed by atoms with Crippen LogP contribution in [0.15, 0.2) is 72.3 Å². The minimum absolute atomic E-state index is 0.0102. The van der Waals surface area contributed by atoms with E-state index < -0.39 is 29.5 Å². The number of hydrogen-bond donors (Lipinski definition) is 2. The Morgan fingerprint density at radius 1 is 0.895 bits per heavy atom. The number of phenolic OH excluding ortho intramolecular Hbond substituents is 1. The summed E-state index contributed by atoms with van der Waals surface area (Å²) in [5.74, 6) is -2.06. The Kier molecular flexibility index (Phi) is 7.38. The van der Waals surface area contributed by atoms with Crippen molar-refractivity contribution in [3.63, 3.8) is 0 Å². The number of aliphatic hydroxyl groups is 1. The second-order valence-electron chi connectivity index (χ2n) is 8.83. The van der Waals surface area contributed by atoms with Crippen molar-refractivity contribution in [3.8, 4) is 17.2 Å². The molecule has 1 atom stereocenters. The van der Waals surface area contributed by atoms with Gasteiger partial charge in [0.25, 0.3) is 11.7 Å². The molecule has 0 bridgehead atoms. The monoisotopic (exact) mass is 517 g/mol. The van der Waals surface area contributed by atoms with E-state index in [4.69, 9.17) is 14.2 Å². The highest BCUT2D eigenvalue weighted by atomic mass is 16.5. The number of amides is 1. The molecular weight excluding hydrogens is 490 g/mol. The van der Waals surface area contributed by atoms with Crippen molar-refractivity contribution >= 4 is 29.1 Å². The predicted molar refractivity (Wildman–Crippen MR) is 139 cm³/mol. The van der Waals surface area contributed by atoms with Crippen molar-refractivity contribution in [2.24, 2.45) is 0 Å². The van der Waals surface area contributed by atoms with E-state index in [0.29, 0.717) is 17.1 Å². The molecule has 2 N–H and O–H groups in total. The molecule has 1 saturated heterocycles. The van der Waals surface area contributed by atoms with E-state index in [-0.39, 0.29) is 34.2 Å². The molecule has 1 aliphatic heterocycles. The van der Waals surface area contributed by atoms with Crippen LogP contribution in [0.1, 0.15) is 41.4 Å². The SMILES string of the molecule is COc1ccc(/C(O)=C2\C(=O)C(=O)N(c3cccc(C(=O)OC(C)C)c3)C2c2ccc(O)cc2)cc1OC. The van der Waals surface area contributed by atoms with E-state index in [1.54, 1.807) is 56.3 Å². The van der Waals surface area contributed by atoms with E-state index >= 15 is 0 Å². The molecule has 196 valence electrons. The average molecular weight is 518 g/mol.